The number of hydrogen-bond acceptors (Lipinski definition) is 3. The van der Waals surface area contributed by atoms with E-state index in [4.69, 9.17) is 16.3 Å². The average Bonchev–Trinajstić information content (AvgIpc) is 3.28. The number of ether oxygens (including phenoxy) is 1. The number of halogens is 2. The molecule has 0 bridgehead atoms. The molecule has 0 saturated heterocycles. The maximum atomic E-state index is 6.24. The molecule has 0 amide bonds. The van der Waals surface area contributed by atoms with Crippen LogP contribution in [0, 0.1) is 3.57 Å². The third-order valence-electron chi connectivity index (χ3n) is 3.38. The fourth-order valence-electron chi connectivity index (χ4n) is 2.27. The molecule has 0 spiro atoms. The van der Waals surface area contributed by atoms with Gasteiger partial charge in [-0.2, -0.15) is 0 Å². The number of hydrogen-bond donors (Lipinski definition) is 0. The molecule has 0 atom stereocenters. The van der Waals surface area contributed by atoms with Crippen LogP contribution in [0.1, 0.15) is 30.0 Å². The summed E-state index contributed by atoms with van der Waals surface area (Å²) in [6.45, 7) is 0.444. The average molecular weight is 401 g/mol. The molecule has 0 radical (unpaired) electrons. The first-order valence-electron chi connectivity index (χ1n) is 6.51. The molecule has 1 aromatic heterocycles. The van der Waals surface area contributed by atoms with Crippen molar-refractivity contribution in [2.24, 2.45) is 0 Å². The normalized spacial score (nSPS) is 14.6. The van der Waals surface area contributed by atoms with Gasteiger partial charge in [0.15, 0.2) is 5.82 Å². The SMILES string of the molecule is COCc1nc(-c2ccccc2C2CC2)nc(Cl)c1I. The zero-order valence-electron chi connectivity index (χ0n) is 11.1. The fourth-order valence-corrected chi connectivity index (χ4v) is 2.85. The van der Waals surface area contributed by atoms with Crippen LogP contribution in [-0.4, -0.2) is 17.1 Å². The van der Waals surface area contributed by atoms with E-state index in [9.17, 15) is 0 Å². The van der Waals surface area contributed by atoms with Crippen molar-refractivity contribution in [1.29, 1.82) is 0 Å². The van der Waals surface area contributed by atoms with E-state index in [0.29, 0.717) is 23.5 Å². The largest absolute Gasteiger partial charge is 0.378 e. The van der Waals surface area contributed by atoms with Crippen molar-refractivity contribution in [3.05, 3.63) is 44.2 Å². The molecule has 2 aromatic rings. The summed E-state index contributed by atoms with van der Waals surface area (Å²) in [4.78, 5) is 9.08. The van der Waals surface area contributed by atoms with Crippen molar-refractivity contribution in [1.82, 2.24) is 9.97 Å². The van der Waals surface area contributed by atoms with Gasteiger partial charge in [-0.1, -0.05) is 35.9 Å². The van der Waals surface area contributed by atoms with E-state index in [2.05, 4.69) is 50.8 Å². The molecule has 0 unspecified atom stereocenters. The first kappa shape index (κ1) is 14.2. The smallest absolute Gasteiger partial charge is 0.161 e. The zero-order valence-corrected chi connectivity index (χ0v) is 14.0. The van der Waals surface area contributed by atoms with Crippen LogP contribution in [0.15, 0.2) is 24.3 Å². The monoisotopic (exact) mass is 400 g/mol. The van der Waals surface area contributed by atoms with Gasteiger partial charge in [0, 0.05) is 12.7 Å². The van der Waals surface area contributed by atoms with Gasteiger partial charge in [0.25, 0.3) is 0 Å². The highest BCUT2D eigenvalue weighted by Gasteiger charge is 2.27. The Kier molecular flexibility index (Phi) is 4.23. The topological polar surface area (TPSA) is 35.0 Å². The lowest BCUT2D eigenvalue weighted by molar-refractivity contribution is 0.181. The Morgan fingerprint density at radius 1 is 1.30 bits per heavy atom. The lowest BCUT2D eigenvalue weighted by Crippen LogP contribution is -2.03. The molecule has 3 rings (SSSR count). The Hall–Kier alpha value is -0.720. The van der Waals surface area contributed by atoms with E-state index < -0.39 is 0 Å². The highest BCUT2D eigenvalue weighted by atomic mass is 127. The summed E-state index contributed by atoms with van der Waals surface area (Å²) >= 11 is 8.40. The van der Waals surface area contributed by atoms with Crippen molar-refractivity contribution in [3.63, 3.8) is 0 Å². The van der Waals surface area contributed by atoms with Gasteiger partial charge in [-0.15, -0.1) is 0 Å². The second-order valence-corrected chi connectivity index (χ2v) is 6.33. The summed E-state index contributed by atoms with van der Waals surface area (Å²) in [6.07, 6.45) is 2.50. The Morgan fingerprint density at radius 3 is 2.75 bits per heavy atom. The van der Waals surface area contributed by atoms with E-state index >= 15 is 0 Å². The molecule has 20 heavy (non-hydrogen) atoms. The molecule has 0 N–H and O–H groups in total. The maximum Gasteiger partial charge on any atom is 0.161 e. The number of nitrogens with zero attached hydrogens (tertiary/aromatic N) is 2. The highest BCUT2D eigenvalue weighted by Crippen LogP contribution is 2.44. The van der Waals surface area contributed by atoms with Crippen LogP contribution >= 0.6 is 34.2 Å². The molecule has 1 aromatic carbocycles. The van der Waals surface area contributed by atoms with E-state index in [0.717, 1.165) is 14.8 Å². The third kappa shape index (κ3) is 2.82. The molecule has 1 saturated carbocycles. The molecule has 1 heterocycles. The van der Waals surface area contributed by atoms with E-state index in [1.807, 2.05) is 6.07 Å². The minimum atomic E-state index is 0.444. The van der Waals surface area contributed by atoms with Crippen LogP contribution < -0.4 is 0 Å². The Morgan fingerprint density at radius 2 is 2.05 bits per heavy atom. The fraction of sp³-hybridized carbons (Fsp3) is 0.333. The van der Waals surface area contributed by atoms with E-state index in [-0.39, 0.29) is 0 Å². The molecule has 0 aliphatic heterocycles. The standard InChI is InChI=1S/C15H14ClIN2O/c1-20-8-12-13(17)14(16)19-15(18-12)11-5-3-2-4-10(11)9-6-7-9/h2-5,9H,6-8H2,1H3. The summed E-state index contributed by atoms with van der Waals surface area (Å²) in [5.41, 5.74) is 3.26. The van der Waals surface area contributed by atoms with Gasteiger partial charge in [-0.05, 0) is 46.9 Å². The summed E-state index contributed by atoms with van der Waals surface area (Å²) < 4.78 is 6.05. The second kappa shape index (κ2) is 5.95. The molecule has 1 aliphatic carbocycles. The minimum absolute atomic E-state index is 0.444. The molecular formula is C15H14ClIN2O. The van der Waals surface area contributed by atoms with Crippen LogP contribution in [-0.2, 0) is 11.3 Å². The van der Waals surface area contributed by atoms with Crippen molar-refractivity contribution in [2.45, 2.75) is 25.4 Å². The van der Waals surface area contributed by atoms with Gasteiger partial charge >= 0.3 is 0 Å². The summed E-state index contributed by atoms with van der Waals surface area (Å²) in [5, 5.41) is 0.494. The van der Waals surface area contributed by atoms with Crippen molar-refractivity contribution in [2.75, 3.05) is 7.11 Å². The van der Waals surface area contributed by atoms with Gasteiger partial charge < -0.3 is 4.74 Å². The second-order valence-electron chi connectivity index (χ2n) is 4.89. The van der Waals surface area contributed by atoms with Crippen LogP contribution in [0.2, 0.25) is 5.15 Å². The zero-order chi connectivity index (χ0) is 14.1. The quantitative estimate of drug-likeness (QED) is 0.563. The molecule has 1 fully saturated rings. The molecule has 5 heteroatoms. The van der Waals surface area contributed by atoms with Crippen LogP contribution in [0.25, 0.3) is 11.4 Å². The summed E-state index contributed by atoms with van der Waals surface area (Å²) in [5.74, 6) is 1.35. The van der Waals surface area contributed by atoms with Crippen LogP contribution in [0.4, 0.5) is 0 Å². The van der Waals surface area contributed by atoms with Crippen LogP contribution in [0.3, 0.4) is 0 Å². The van der Waals surface area contributed by atoms with Crippen molar-refractivity contribution in [3.8, 4) is 11.4 Å². The van der Waals surface area contributed by atoms with E-state index in [1.165, 1.54) is 18.4 Å². The number of methoxy groups -OCH3 is 1. The molecule has 1 aliphatic rings. The minimum Gasteiger partial charge on any atom is -0.378 e. The van der Waals surface area contributed by atoms with Gasteiger partial charge in [0.05, 0.1) is 15.9 Å². The summed E-state index contributed by atoms with van der Waals surface area (Å²) in [7, 11) is 1.66. The van der Waals surface area contributed by atoms with E-state index in [1.54, 1.807) is 7.11 Å². The summed E-state index contributed by atoms with van der Waals surface area (Å²) in [6, 6.07) is 8.33. The number of rotatable bonds is 4. The molecule has 3 nitrogen and oxygen atoms in total. The predicted molar refractivity (Wildman–Crippen MR) is 87.9 cm³/mol. The molecular weight excluding hydrogens is 387 g/mol. The lowest BCUT2D eigenvalue weighted by atomic mass is 10.0. The Bertz CT molecular complexity index is 644. The first-order valence-corrected chi connectivity index (χ1v) is 7.96. The van der Waals surface area contributed by atoms with Crippen LogP contribution in [0.5, 0.6) is 0 Å². The highest BCUT2D eigenvalue weighted by molar-refractivity contribution is 14.1. The maximum absolute atomic E-state index is 6.24. The van der Waals surface area contributed by atoms with Gasteiger partial charge in [0.1, 0.15) is 5.15 Å². The van der Waals surface area contributed by atoms with Crippen molar-refractivity contribution >= 4 is 34.2 Å². The number of benzene rings is 1. The lowest BCUT2D eigenvalue weighted by Gasteiger charge is -2.11. The third-order valence-corrected chi connectivity index (χ3v) is 5.11. The predicted octanol–water partition coefficient (Wildman–Crippen LogP) is 4.43. The Balaban J connectivity index is 2.10. The Labute approximate surface area is 136 Å². The van der Waals surface area contributed by atoms with Crippen molar-refractivity contribution < 1.29 is 4.74 Å². The number of aromatic nitrogens is 2. The van der Waals surface area contributed by atoms with Gasteiger partial charge in [-0.3, -0.25) is 0 Å². The van der Waals surface area contributed by atoms with Gasteiger partial charge in [0.2, 0.25) is 0 Å². The molecule has 104 valence electrons. The first-order chi connectivity index (χ1) is 9.70. The van der Waals surface area contributed by atoms with Gasteiger partial charge in [-0.25, -0.2) is 9.97 Å².